The van der Waals surface area contributed by atoms with E-state index in [9.17, 15) is 14.0 Å². The van der Waals surface area contributed by atoms with E-state index in [4.69, 9.17) is 9.84 Å². The van der Waals surface area contributed by atoms with Crippen LogP contribution in [0.3, 0.4) is 0 Å². The molecule has 1 aromatic carbocycles. The number of benzene rings is 1. The zero-order valence-electron chi connectivity index (χ0n) is 9.98. The Morgan fingerprint density at radius 2 is 2.26 bits per heavy atom. The van der Waals surface area contributed by atoms with Crippen LogP contribution in [0.25, 0.3) is 0 Å². The van der Waals surface area contributed by atoms with Gasteiger partial charge in [0.15, 0.2) is 0 Å². The molecule has 1 aliphatic heterocycles. The van der Waals surface area contributed by atoms with Crippen molar-refractivity contribution in [2.45, 2.75) is 6.10 Å². The van der Waals surface area contributed by atoms with Gasteiger partial charge in [-0.05, 0) is 12.1 Å². The van der Waals surface area contributed by atoms with Gasteiger partial charge in [0, 0.05) is 13.1 Å². The molecule has 102 valence electrons. The van der Waals surface area contributed by atoms with Crippen molar-refractivity contribution in [3.05, 3.63) is 29.6 Å². The number of aromatic carboxylic acids is 1. The molecular weight excluding hydrogens is 255 g/mol. The molecule has 0 aliphatic carbocycles. The molecule has 0 radical (unpaired) electrons. The van der Waals surface area contributed by atoms with Crippen molar-refractivity contribution in [1.82, 2.24) is 5.32 Å². The first-order chi connectivity index (χ1) is 9.09. The number of hydrogen-bond donors (Lipinski definition) is 3. The van der Waals surface area contributed by atoms with E-state index in [2.05, 4.69) is 10.6 Å². The highest BCUT2D eigenvalue weighted by molar-refractivity contribution is 6.02. The molecule has 1 aromatic rings. The number of amides is 1. The largest absolute Gasteiger partial charge is 0.478 e. The van der Waals surface area contributed by atoms with E-state index in [1.165, 1.54) is 12.1 Å². The number of halogens is 1. The monoisotopic (exact) mass is 268 g/mol. The van der Waals surface area contributed by atoms with Crippen LogP contribution in [0.4, 0.5) is 10.1 Å². The Morgan fingerprint density at radius 3 is 2.89 bits per heavy atom. The van der Waals surface area contributed by atoms with Crippen molar-refractivity contribution in [1.29, 1.82) is 0 Å². The van der Waals surface area contributed by atoms with Crippen LogP contribution in [0.1, 0.15) is 10.4 Å². The predicted molar refractivity (Wildman–Crippen MR) is 64.6 cm³/mol. The van der Waals surface area contributed by atoms with Crippen LogP contribution in [-0.4, -0.2) is 42.8 Å². The lowest BCUT2D eigenvalue weighted by Gasteiger charge is -2.23. The van der Waals surface area contributed by atoms with Crippen LogP contribution >= 0.6 is 0 Å². The van der Waals surface area contributed by atoms with Crippen LogP contribution in [-0.2, 0) is 9.53 Å². The zero-order chi connectivity index (χ0) is 13.8. The number of ether oxygens (including phenoxy) is 1. The summed E-state index contributed by atoms with van der Waals surface area (Å²) >= 11 is 0. The topological polar surface area (TPSA) is 87.7 Å². The number of carboxylic acids is 1. The highest BCUT2D eigenvalue weighted by Gasteiger charge is 2.24. The van der Waals surface area contributed by atoms with E-state index in [0.717, 1.165) is 6.07 Å². The molecule has 3 N–H and O–H groups in total. The third-order valence-electron chi connectivity index (χ3n) is 2.71. The Balaban J connectivity index is 2.18. The van der Waals surface area contributed by atoms with Gasteiger partial charge in [0.05, 0.1) is 17.9 Å². The number of rotatable bonds is 3. The maximum atomic E-state index is 13.6. The first-order valence-electron chi connectivity index (χ1n) is 5.74. The van der Waals surface area contributed by atoms with Crippen LogP contribution in [0.2, 0.25) is 0 Å². The lowest BCUT2D eigenvalue weighted by Crippen LogP contribution is -2.45. The van der Waals surface area contributed by atoms with E-state index in [1.807, 2.05) is 0 Å². The molecule has 1 heterocycles. The van der Waals surface area contributed by atoms with E-state index >= 15 is 0 Å². The minimum Gasteiger partial charge on any atom is -0.478 e. The summed E-state index contributed by atoms with van der Waals surface area (Å²) in [5, 5.41) is 14.2. The van der Waals surface area contributed by atoms with Gasteiger partial charge >= 0.3 is 5.97 Å². The molecule has 6 nitrogen and oxygen atoms in total. The number of nitrogens with one attached hydrogen (secondary N) is 2. The summed E-state index contributed by atoms with van der Waals surface area (Å²) in [6.45, 7) is 1.33. The zero-order valence-corrected chi connectivity index (χ0v) is 9.98. The molecule has 0 saturated carbocycles. The molecule has 1 unspecified atom stereocenters. The van der Waals surface area contributed by atoms with Gasteiger partial charge in [0.1, 0.15) is 11.9 Å². The summed E-state index contributed by atoms with van der Waals surface area (Å²) < 4.78 is 18.8. The van der Waals surface area contributed by atoms with Gasteiger partial charge in [-0.25, -0.2) is 9.18 Å². The number of carboxylic acid groups (broad SMARTS) is 1. The van der Waals surface area contributed by atoms with E-state index in [-0.39, 0.29) is 11.3 Å². The molecule has 2 rings (SSSR count). The Labute approximate surface area is 108 Å². The average molecular weight is 268 g/mol. The standard InChI is InChI=1S/C12H13FN2O4/c13-8-3-1-2-7(12(17)18)10(8)15-11(16)9-6-14-4-5-19-9/h1-3,9,14H,4-6H2,(H,15,16)(H,17,18). The maximum absolute atomic E-state index is 13.6. The third kappa shape index (κ3) is 3.07. The van der Waals surface area contributed by atoms with Crippen molar-refractivity contribution in [2.75, 3.05) is 25.0 Å². The second-order valence-electron chi connectivity index (χ2n) is 4.02. The van der Waals surface area contributed by atoms with Crippen molar-refractivity contribution >= 4 is 17.6 Å². The molecule has 0 aromatic heterocycles. The molecule has 1 amide bonds. The van der Waals surface area contributed by atoms with E-state index in [1.54, 1.807) is 0 Å². The van der Waals surface area contributed by atoms with Gasteiger partial charge in [0.25, 0.3) is 5.91 Å². The van der Waals surface area contributed by atoms with Crippen LogP contribution < -0.4 is 10.6 Å². The predicted octanol–water partition coefficient (Wildman–Crippen LogP) is 0.451. The molecule has 0 bridgehead atoms. The first kappa shape index (κ1) is 13.4. The minimum atomic E-state index is -1.31. The van der Waals surface area contributed by atoms with E-state index < -0.39 is 23.8 Å². The Bertz CT molecular complexity index is 501. The van der Waals surface area contributed by atoms with Crippen LogP contribution in [0, 0.1) is 5.82 Å². The second-order valence-corrected chi connectivity index (χ2v) is 4.02. The summed E-state index contributed by atoms with van der Waals surface area (Å²) in [7, 11) is 0. The highest BCUT2D eigenvalue weighted by atomic mass is 19.1. The van der Waals surface area contributed by atoms with Crippen molar-refractivity contribution in [2.24, 2.45) is 0 Å². The summed E-state index contributed by atoms with van der Waals surface area (Å²) in [4.78, 5) is 22.8. The molecule has 1 saturated heterocycles. The average Bonchev–Trinajstić information content (AvgIpc) is 2.41. The molecular formula is C12H13FN2O4. The van der Waals surface area contributed by atoms with Gasteiger partial charge < -0.3 is 20.5 Å². The maximum Gasteiger partial charge on any atom is 0.337 e. The quantitative estimate of drug-likeness (QED) is 0.741. The van der Waals surface area contributed by atoms with Gasteiger partial charge in [-0.1, -0.05) is 6.07 Å². The van der Waals surface area contributed by atoms with Gasteiger partial charge in [-0.2, -0.15) is 0 Å². The summed E-state index contributed by atoms with van der Waals surface area (Å²) in [5.74, 6) is -2.67. The fraction of sp³-hybridized carbons (Fsp3) is 0.333. The normalized spacial score (nSPS) is 18.9. The van der Waals surface area contributed by atoms with Crippen LogP contribution in [0.15, 0.2) is 18.2 Å². The Hall–Kier alpha value is -1.99. The molecule has 1 atom stereocenters. The summed E-state index contributed by atoms with van der Waals surface area (Å²) in [6.07, 6.45) is -0.755. The summed E-state index contributed by atoms with van der Waals surface area (Å²) in [6, 6.07) is 3.58. The highest BCUT2D eigenvalue weighted by Crippen LogP contribution is 2.20. The minimum absolute atomic E-state index is 0.294. The third-order valence-corrected chi connectivity index (χ3v) is 2.71. The fourth-order valence-corrected chi connectivity index (χ4v) is 1.77. The van der Waals surface area contributed by atoms with Crippen LogP contribution in [0.5, 0.6) is 0 Å². The van der Waals surface area contributed by atoms with Gasteiger partial charge in [-0.15, -0.1) is 0 Å². The smallest absolute Gasteiger partial charge is 0.337 e. The number of carbonyl (C=O) groups is 2. The SMILES string of the molecule is O=C(O)c1cccc(F)c1NC(=O)C1CNCCO1. The first-order valence-corrected chi connectivity index (χ1v) is 5.74. The van der Waals surface area contributed by atoms with Crippen molar-refractivity contribution < 1.29 is 23.8 Å². The number of hydrogen-bond acceptors (Lipinski definition) is 4. The number of anilines is 1. The van der Waals surface area contributed by atoms with Gasteiger partial charge in [0.2, 0.25) is 0 Å². The Morgan fingerprint density at radius 1 is 1.47 bits per heavy atom. The Kier molecular flexibility index (Phi) is 4.08. The molecule has 19 heavy (non-hydrogen) atoms. The molecule has 1 aliphatic rings. The molecule has 0 spiro atoms. The second kappa shape index (κ2) is 5.77. The lowest BCUT2D eigenvalue weighted by molar-refractivity contribution is -0.128. The fourth-order valence-electron chi connectivity index (χ4n) is 1.77. The van der Waals surface area contributed by atoms with Crippen molar-refractivity contribution in [3.63, 3.8) is 0 Å². The van der Waals surface area contributed by atoms with Gasteiger partial charge in [-0.3, -0.25) is 4.79 Å². The molecule has 7 heteroatoms. The lowest BCUT2D eigenvalue weighted by atomic mass is 10.1. The van der Waals surface area contributed by atoms with Crippen molar-refractivity contribution in [3.8, 4) is 0 Å². The molecule has 1 fully saturated rings. The summed E-state index contributed by atoms with van der Waals surface area (Å²) in [5.41, 5.74) is -0.633. The number of para-hydroxylation sites is 1. The number of carbonyl (C=O) groups excluding carboxylic acids is 1. The van der Waals surface area contributed by atoms with E-state index in [0.29, 0.717) is 19.7 Å². The number of morpholine rings is 1.